The van der Waals surface area contributed by atoms with Gasteiger partial charge in [-0.1, -0.05) is 17.2 Å². The van der Waals surface area contributed by atoms with Crippen molar-refractivity contribution in [2.75, 3.05) is 0 Å². The number of carbonyl (C=O) groups is 3. The maximum absolute atomic E-state index is 12.2. The van der Waals surface area contributed by atoms with E-state index in [9.17, 15) is 14.4 Å². The second-order valence-electron chi connectivity index (χ2n) is 4.59. The van der Waals surface area contributed by atoms with Crippen molar-refractivity contribution >= 4 is 49.9 Å². The number of rotatable bonds is 2. The monoisotopic (exact) mass is 329 g/mol. The highest BCUT2D eigenvalue weighted by molar-refractivity contribution is 7.27. The number of hydrogen-bond donors (Lipinski definition) is 0. The first-order valence-electron chi connectivity index (χ1n) is 6.32. The van der Waals surface area contributed by atoms with Crippen LogP contribution in [0.25, 0.3) is 9.40 Å². The number of nitrogens with zero attached hydrogens (tertiary/aromatic N) is 1. The molecule has 0 spiro atoms. The smallest absolute Gasteiger partial charge is 0.323 e. The van der Waals surface area contributed by atoms with Gasteiger partial charge in [-0.2, -0.15) is 0 Å². The molecule has 0 unspecified atom stereocenters. The number of hydroxylamine groups is 2. The van der Waals surface area contributed by atoms with E-state index in [1.165, 1.54) is 34.8 Å². The molecule has 0 saturated heterocycles. The topological polar surface area (TPSA) is 63.7 Å². The van der Waals surface area contributed by atoms with Gasteiger partial charge in [0.2, 0.25) is 0 Å². The van der Waals surface area contributed by atoms with Crippen LogP contribution in [0.1, 0.15) is 30.4 Å². The maximum Gasteiger partial charge on any atom is 0.373 e. The molecule has 22 heavy (non-hydrogen) atoms. The fraction of sp³-hybridized carbons (Fsp3) is 0. The number of carbonyl (C=O) groups excluding carboxylic acids is 3. The van der Waals surface area contributed by atoms with Crippen molar-refractivity contribution in [1.29, 1.82) is 0 Å². The van der Waals surface area contributed by atoms with Crippen molar-refractivity contribution < 1.29 is 19.2 Å². The molecule has 4 rings (SSSR count). The van der Waals surface area contributed by atoms with Crippen LogP contribution in [0, 0.1) is 0 Å². The molecule has 0 radical (unpaired) electrons. The lowest BCUT2D eigenvalue weighted by molar-refractivity contribution is -0.0581. The van der Waals surface area contributed by atoms with Gasteiger partial charge in [0, 0.05) is 9.40 Å². The predicted molar refractivity (Wildman–Crippen MR) is 82.1 cm³/mol. The lowest BCUT2D eigenvalue weighted by Gasteiger charge is -2.11. The van der Waals surface area contributed by atoms with Crippen molar-refractivity contribution in [1.82, 2.24) is 5.06 Å². The van der Waals surface area contributed by atoms with Crippen molar-refractivity contribution in [2.45, 2.75) is 0 Å². The molecule has 5 nitrogen and oxygen atoms in total. The van der Waals surface area contributed by atoms with Crippen LogP contribution in [0.15, 0.2) is 41.8 Å². The Bertz CT molecular complexity index is 876. The molecule has 1 aliphatic rings. The summed E-state index contributed by atoms with van der Waals surface area (Å²) in [5, 5.41) is 2.46. The van der Waals surface area contributed by atoms with Gasteiger partial charge in [0.25, 0.3) is 11.8 Å². The van der Waals surface area contributed by atoms with Gasteiger partial charge in [-0.3, -0.25) is 9.59 Å². The Morgan fingerprint density at radius 1 is 1.00 bits per heavy atom. The summed E-state index contributed by atoms with van der Waals surface area (Å²) in [6.07, 6.45) is 0. The SMILES string of the molecule is O=C(ON1C(=O)c2ccccc2C1=O)c1cc2sccc2s1. The average Bonchev–Trinajstić information content (AvgIpc) is 3.17. The van der Waals surface area contributed by atoms with Crippen LogP contribution in [0.3, 0.4) is 0 Å². The van der Waals surface area contributed by atoms with Crippen LogP contribution in [0.5, 0.6) is 0 Å². The Balaban J connectivity index is 1.61. The normalized spacial score (nSPS) is 13.7. The fourth-order valence-electron chi connectivity index (χ4n) is 2.24. The number of hydrogen-bond acceptors (Lipinski definition) is 6. The van der Waals surface area contributed by atoms with E-state index in [4.69, 9.17) is 4.84 Å². The van der Waals surface area contributed by atoms with Crippen LogP contribution < -0.4 is 0 Å². The summed E-state index contributed by atoms with van der Waals surface area (Å²) in [4.78, 5) is 41.8. The zero-order valence-corrected chi connectivity index (χ0v) is 12.6. The Morgan fingerprint density at radius 3 is 2.32 bits per heavy atom. The molecule has 0 N–H and O–H groups in total. The van der Waals surface area contributed by atoms with Gasteiger partial charge < -0.3 is 4.84 Å². The molecule has 0 atom stereocenters. The summed E-state index contributed by atoms with van der Waals surface area (Å²) in [6.45, 7) is 0. The Labute approximate surface area is 132 Å². The average molecular weight is 329 g/mol. The van der Waals surface area contributed by atoms with Crippen LogP contribution in [0.4, 0.5) is 0 Å². The molecule has 108 valence electrons. The van der Waals surface area contributed by atoms with E-state index in [-0.39, 0.29) is 11.1 Å². The predicted octanol–water partition coefficient (Wildman–Crippen LogP) is 3.33. The first-order valence-corrected chi connectivity index (χ1v) is 8.02. The van der Waals surface area contributed by atoms with Gasteiger partial charge in [-0.25, -0.2) is 4.79 Å². The van der Waals surface area contributed by atoms with E-state index in [0.717, 1.165) is 9.40 Å². The van der Waals surface area contributed by atoms with E-state index in [2.05, 4.69) is 0 Å². The maximum atomic E-state index is 12.2. The lowest BCUT2D eigenvalue weighted by Crippen LogP contribution is -2.32. The Kier molecular flexibility index (Phi) is 2.85. The molecule has 1 aliphatic heterocycles. The molecular formula is C15H7NO4S2. The summed E-state index contributed by atoms with van der Waals surface area (Å²) >= 11 is 2.78. The molecular weight excluding hydrogens is 322 g/mol. The number of imide groups is 1. The molecule has 0 fully saturated rings. The van der Waals surface area contributed by atoms with Gasteiger partial charge in [0.1, 0.15) is 4.88 Å². The summed E-state index contributed by atoms with van der Waals surface area (Å²) in [5.74, 6) is -1.94. The minimum atomic E-state index is -0.706. The van der Waals surface area contributed by atoms with Crippen molar-refractivity contribution in [3.05, 3.63) is 57.8 Å². The molecule has 2 aromatic heterocycles. The molecule has 2 amide bonds. The second kappa shape index (κ2) is 4.75. The highest BCUT2D eigenvalue weighted by atomic mass is 32.1. The molecule has 3 aromatic rings. The van der Waals surface area contributed by atoms with E-state index < -0.39 is 17.8 Å². The van der Waals surface area contributed by atoms with Gasteiger partial charge in [0.05, 0.1) is 11.1 Å². The van der Waals surface area contributed by atoms with Crippen LogP contribution in [-0.2, 0) is 4.84 Å². The standard InChI is InChI=1S/C15H7NO4S2/c17-13-8-3-1-2-4-9(8)14(18)16(13)20-15(19)12-7-11-10(22-12)5-6-21-11/h1-7H. The molecule has 7 heteroatoms. The van der Waals surface area contributed by atoms with E-state index in [0.29, 0.717) is 9.94 Å². The third-order valence-corrected chi connectivity index (χ3v) is 5.34. The van der Waals surface area contributed by atoms with Gasteiger partial charge in [-0.05, 0) is 29.6 Å². The van der Waals surface area contributed by atoms with Crippen molar-refractivity contribution in [2.24, 2.45) is 0 Å². The highest BCUT2D eigenvalue weighted by Gasteiger charge is 2.39. The van der Waals surface area contributed by atoms with E-state index in [1.807, 2.05) is 11.4 Å². The van der Waals surface area contributed by atoms with Crippen LogP contribution >= 0.6 is 22.7 Å². The van der Waals surface area contributed by atoms with Crippen LogP contribution in [0.2, 0.25) is 0 Å². The zero-order valence-electron chi connectivity index (χ0n) is 10.9. The second-order valence-corrected chi connectivity index (χ2v) is 6.62. The van der Waals surface area contributed by atoms with Crippen molar-refractivity contribution in [3.63, 3.8) is 0 Å². The number of amides is 2. The first kappa shape index (κ1) is 13.2. The number of fused-ring (bicyclic) bond motifs is 2. The first-order chi connectivity index (χ1) is 10.6. The zero-order chi connectivity index (χ0) is 15.3. The largest absolute Gasteiger partial charge is 0.373 e. The summed E-state index contributed by atoms with van der Waals surface area (Å²) in [6, 6.07) is 9.98. The fourth-order valence-corrected chi connectivity index (χ4v) is 4.23. The summed E-state index contributed by atoms with van der Waals surface area (Å²) in [7, 11) is 0. The van der Waals surface area contributed by atoms with Gasteiger partial charge in [0.15, 0.2) is 0 Å². The minimum Gasteiger partial charge on any atom is -0.323 e. The highest BCUT2D eigenvalue weighted by Crippen LogP contribution is 2.31. The minimum absolute atomic E-state index is 0.243. The molecule has 1 aromatic carbocycles. The van der Waals surface area contributed by atoms with Gasteiger partial charge >= 0.3 is 5.97 Å². The molecule has 0 bridgehead atoms. The molecule has 0 aliphatic carbocycles. The van der Waals surface area contributed by atoms with E-state index >= 15 is 0 Å². The lowest BCUT2D eigenvalue weighted by atomic mass is 10.1. The number of thiophene rings is 2. The Hall–Kier alpha value is -2.51. The van der Waals surface area contributed by atoms with Gasteiger partial charge in [-0.15, -0.1) is 22.7 Å². The van der Waals surface area contributed by atoms with Crippen LogP contribution in [-0.4, -0.2) is 22.8 Å². The van der Waals surface area contributed by atoms with E-state index in [1.54, 1.807) is 18.2 Å². The summed E-state index contributed by atoms with van der Waals surface area (Å²) < 4.78 is 1.94. The third-order valence-electron chi connectivity index (χ3n) is 3.27. The third kappa shape index (κ3) is 1.87. The molecule has 3 heterocycles. The molecule has 0 saturated carbocycles. The summed E-state index contributed by atoms with van der Waals surface area (Å²) in [5.41, 5.74) is 0.486. The quantitative estimate of drug-likeness (QED) is 0.677. The Morgan fingerprint density at radius 2 is 1.68 bits per heavy atom. The number of benzene rings is 1. The van der Waals surface area contributed by atoms with Crippen molar-refractivity contribution in [3.8, 4) is 0 Å².